The van der Waals surface area contributed by atoms with E-state index in [0.29, 0.717) is 23.6 Å². The summed E-state index contributed by atoms with van der Waals surface area (Å²) in [6.07, 6.45) is 6.54. The van der Waals surface area contributed by atoms with Gasteiger partial charge < -0.3 is 4.90 Å². The standard InChI is InChI=1S/C14H20ClNO/c1-9-12-4-2-10-8-11(15)3-5-13(10)16(12)7-6-14(9)17/h10-11,13H,2-8H2,1H3. The van der Waals surface area contributed by atoms with Crippen LogP contribution in [0.15, 0.2) is 11.3 Å². The third-order valence-corrected chi connectivity index (χ3v) is 5.20. The van der Waals surface area contributed by atoms with Crippen molar-refractivity contribution in [2.75, 3.05) is 6.54 Å². The van der Waals surface area contributed by atoms with Crippen LogP contribution in [-0.2, 0) is 4.79 Å². The Balaban J connectivity index is 1.87. The molecule has 0 bridgehead atoms. The second-order valence-electron chi connectivity index (χ2n) is 5.71. The van der Waals surface area contributed by atoms with Crippen molar-refractivity contribution in [1.82, 2.24) is 4.90 Å². The van der Waals surface area contributed by atoms with Gasteiger partial charge in [0.25, 0.3) is 0 Å². The van der Waals surface area contributed by atoms with Gasteiger partial charge in [-0.15, -0.1) is 11.6 Å². The van der Waals surface area contributed by atoms with E-state index in [-0.39, 0.29) is 0 Å². The zero-order chi connectivity index (χ0) is 12.0. The number of nitrogens with zero attached hydrogens (tertiary/aromatic N) is 1. The average molecular weight is 254 g/mol. The van der Waals surface area contributed by atoms with Gasteiger partial charge in [0, 0.05) is 35.7 Å². The number of hydrogen-bond donors (Lipinski definition) is 0. The van der Waals surface area contributed by atoms with E-state index in [1.54, 1.807) is 0 Å². The molecule has 3 aliphatic rings. The molecule has 3 unspecified atom stereocenters. The fourth-order valence-electron chi connectivity index (χ4n) is 3.85. The molecular weight excluding hydrogens is 234 g/mol. The Morgan fingerprint density at radius 3 is 2.88 bits per heavy atom. The van der Waals surface area contributed by atoms with E-state index >= 15 is 0 Å². The molecule has 0 spiro atoms. The number of rotatable bonds is 0. The molecule has 1 aliphatic carbocycles. The van der Waals surface area contributed by atoms with Crippen molar-refractivity contribution in [1.29, 1.82) is 0 Å². The summed E-state index contributed by atoms with van der Waals surface area (Å²) < 4.78 is 0. The minimum atomic E-state index is 0.362. The van der Waals surface area contributed by atoms with Crippen LogP contribution in [0.3, 0.4) is 0 Å². The Morgan fingerprint density at radius 1 is 1.24 bits per heavy atom. The maximum absolute atomic E-state index is 11.8. The number of fused-ring (bicyclic) bond motifs is 3. The van der Waals surface area contributed by atoms with E-state index in [4.69, 9.17) is 11.6 Å². The highest BCUT2D eigenvalue weighted by molar-refractivity contribution is 6.20. The topological polar surface area (TPSA) is 20.3 Å². The number of halogens is 1. The van der Waals surface area contributed by atoms with Gasteiger partial charge >= 0.3 is 0 Å². The third kappa shape index (κ3) is 1.91. The monoisotopic (exact) mass is 253 g/mol. The zero-order valence-electron chi connectivity index (χ0n) is 10.4. The summed E-state index contributed by atoms with van der Waals surface area (Å²) in [6, 6.07) is 0.664. The van der Waals surface area contributed by atoms with Crippen LogP contribution in [0.4, 0.5) is 0 Å². The summed E-state index contributed by atoms with van der Waals surface area (Å²) in [5.41, 5.74) is 2.37. The lowest BCUT2D eigenvalue weighted by Crippen LogP contribution is -2.49. The van der Waals surface area contributed by atoms with Gasteiger partial charge in [-0.1, -0.05) is 0 Å². The minimum absolute atomic E-state index is 0.362. The van der Waals surface area contributed by atoms with Crippen LogP contribution in [0.25, 0.3) is 0 Å². The van der Waals surface area contributed by atoms with Gasteiger partial charge in [0.15, 0.2) is 5.78 Å². The van der Waals surface area contributed by atoms with Crippen LogP contribution in [0, 0.1) is 5.92 Å². The fraction of sp³-hybridized carbons (Fsp3) is 0.786. The predicted molar refractivity (Wildman–Crippen MR) is 69.0 cm³/mol. The lowest BCUT2D eigenvalue weighted by atomic mass is 9.75. The lowest BCUT2D eigenvalue weighted by molar-refractivity contribution is -0.117. The molecule has 2 aliphatic heterocycles. The number of hydrogen-bond acceptors (Lipinski definition) is 2. The summed E-state index contributed by atoms with van der Waals surface area (Å²) in [5, 5.41) is 0.384. The number of alkyl halides is 1. The van der Waals surface area contributed by atoms with Crippen LogP contribution in [0.1, 0.15) is 45.4 Å². The Kier molecular flexibility index (Phi) is 2.94. The molecule has 0 radical (unpaired) electrons. The van der Waals surface area contributed by atoms with Crippen molar-refractivity contribution >= 4 is 17.4 Å². The van der Waals surface area contributed by atoms with Gasteiger partial charge in [0.1, 0.15) is 0 Å². The van der Waals surface area contributed by atoms with Gasteiger partial charge in [-0.3, -0.25) is 4.79 Å². The fourth-order valence-corrected chi connectivity index (χ4v) is 4.21. The highest BCUT2D eigenvalue weighted by atomic mass is 35.5. The summed E-state index contributed by atoms with van der Waals surface area (Å²) >= 11 is 6.28. The number of ketones is 1. The van der Waals surface area contributed by atoms with Crippen molar-refractivity contribution in [3.8, 4) is 0 Å². The lowest BCUT2D eigenvalue weighted by Gasteiger charge is -2.49. The normalized spacial score (nSPS) is 37.9. The molecule has 2 nitrogen and oxygen atoms in total. The molecule has 17 heavy (non-hydrogen) atoms. The quantitative estimate of drug-likeness (QED) is 0.619. The van der Waals surface area contributed by atoms with Crippen molar-refractivity contribution in [2.24, 2.45) is 5.92 Å². The first-order valence-electron chi connectivity index (χ1n) is 6.80. The van der Waals surface area contributed by atoms with Crippen LogP contribution in [0.5, 0.6) is 0 Å². The maximum Gasteiger partial charge on any atom is 0.162 e. The smallest absolute Gasteiger partial charge is 0.162 e. The molecule has 0 amide bonds. The van der Waals surface area contributed by atoms with Gasteiger partial charge in [-0.05, 0) is 44.9 Å². The molecule has 3 rings (SSSR count). The van der Waals surface area contributed by atoms with Crippen LogP contribution >= 0.6 is 11.6 Å². The Hall–Kier alpha value is -0.500. The summed E-state index contributed by atoms with van der Waals surface area (Å²) in [7, 11) is 0. The number of allylic oxidation sites excluding steroid dienone is 2. The van der Waals surface area contributed by atoms with Gasteiger partial charge in [0.05, 0.1) is 0 Å². The predicted octanol–water partition coefficient (Wildman–Crippen LogP) is 3.11. The van der Waals surface area contributed by atoms with E-state index in [1.165, 1.54) is 25.0 Å². The molecule has 0 aromatic carbocycles. The van der Waals surface area contributed by atoms with Crippen molar-refractivity contribution < 1.29 is 4.79 Å². The molecule has 0 aromatic rings. The first-order valence-corrected chi connectivity index (χ1v) is 7.24. The van der Waals surface area contributed by atoms with Crippen molar-refractivity contribution in [3.05, 3.63) is 11.3 Å². The first-order chi connectivity index (χ1) is 8.16. The van der Waals surface area contributed by atoms with Crippen molar-refractivity contribution in [3.63, 3.8) is 0 Å². The van der Waals surface area contributed by atoms with E-state index in [0.717, 1.165) is 30.9 Å². The van der Waals surface area contributed by atoms with Crippen LogP contribution in [-0.4, -0.2) is 28.6 Å². The largest absolute Gasteiger partial charge is 0.371 e. The molecule has 1 saturated heterocycles. The number of carbonyl (C=O) groups is 1. The van der Waals surface area contributed by atoms with Gasteiger partial charge in [-0.2, -0.15) is 0 Å². The maximum atomic E-state index is 11.8. The minimum Gasteiger partial charge on any atom is -0.371 e. The van der Waals surface area contributed by atoms with Gasteiger partial charge in [0.2, 0.25) is 0 Å². The molecule has 0 aromatic heterocycles. The molecule has 0 N–H and O–H groups in total. The molecule has 94 valence electrons. The van der Waals surface area contributed by atoms with Crippen LogP contribution < -0.4 is 0 Å². The summed E-state index contributed by atoms with van der Waals surface area (Å²) in [4.78, 5) is 14.3. The summed E-state index contributed by atoms with van der Waals surface area (Å²) in [6.45, 7) is 2.96. The Labute approximate surface area is 108 Å². The van der Waals surface area contributed by atoms with E-state index in [9.17, 15) is 4.79 Å². The first kappa shape index (κ1) is 11.6. The highest BCUT2D eigenvalue weighted by Gasteiger charge is 2.40. The number of piperidine rings is 1. The van der Waals surface area contributed by atoms with Crippen molar-refractivity contribution in [2.45, 2.75) is 56.9 Å². The number of Topliss-reactive ketones (excluding diaryl/α,β-unsaturated/α-hetero) is 1. The SMILES string of the molecule is CC1=C2CCC3CC(Cl)CCC3N2CCC1=O. The molecule has 2 fully saturated rings. The second kappa shape index (κ2) is 4.31. The average Bonchev–Trinajstić information content (AvgIpc) is 2.33. The van der Waals surface area contributed by atoms with E-state index in [2.05, 4.69) is 4.90 Å². The Morgan fingerprint density at radius 2 is 2.06 bits per heavy atom. The zero-order valence-corrected chi connectivity index (χ0v) is 11.2. The molecule has 2 heterocycles. The van der Waals surface area contributed by atoms with Crippen LogP contribution in [0.2, 0.25) is 0 Å². The van der Waals surface area contributed by atoms with E-state index in [1.807, 2.05) is 6.92 Å². The second-order valence-corrected chi connectivity index (χ2v) is 6.33. The Bertz CT molecular complexity index is 376. The van der Waals surface area contributed by atoms with E-state index < -0.39 is 0 Å². The van der Waals surface area contributed by atoms with Gasteiger partial charge in [-0.25, -0.2) is 0 Å². The molecule has 3 heteroatoms. The highest BCUT2D eigenvalue weighted by Crippen LogP contribution is 2.42. The summed E-state index contributed by atoms with van der Waals surface area (Å²) in [5.74, 6) is 1.12. The molecular formula is C14H20ClNO. The molecule has 3 atom stereocenters. The third-order valence-electron chi connectivity index (χ3n) is 4.81. The molecule has 1 saturated carbocycles. The number of carbonyl (C=O) groups excluding carboxylic acids is 1.